The molecule has 1 aromatic carbocycles. The van der Waals surface area contributed by atoms with Crippen LogP contribution in [-0.4, -0.2) is 15.9 Å². The summed E-state index contributed by atoms with van der Waals surface area (Å²) in [5, 5.41) is 7.83. The molecule has 2 heterocycles. The Hall–Kier alpha value is -2.47. The van der Waals surface area contributed by atoms with Gasteiger partial charge in [-0.3, -0.25) is 4.79 Å². The first kappa shape index (κ1) is 18.6. The van der Waals surface area contributed by atoms with Crippen molar-refractivity contribution >= 4 is 39.0 Å². The fourth-order valence-corrected chi connectivity index (χ4v) is 5.34. The third-order valence-corrected chi connectivity index (χ3v) is 7.18. The van der Waals surface area contributed by atoms with Crippen LogP contribution in [0.25, 0.3) is 10.2 Å². The highest BCUT2D eigenvalue weighted by Crippen LogP contribution is 2.38. The number of anilines is 2. The Morgan fingerprint density at radius 1 is 1.10 bits per heavy atom. The van der Waals surface area contributed by atoms with Crippen molar-refractivity contribution in [3.05, 3.63) is 46.6 Å². The summed E-state index contributed by atoms with van der Waals surface area (Å²) in [7, 11) is 0. The molecule has 1 unspecified atom stereocenters. The smallest absolute Gasteiger partial charge is 0.227 e. The summed E-state index contributed by atoms with van der Waals surface area (Å²) in [5.41, 5.74) is 3.49. The van der Waals surface area contributed by atoms with Gasteiger partial charge in [-0.25, -0.2) is 9.97 Å². The van der Waals surface area contributed by atoms with Gasteiger partial charge in [0.2, 0.25) is 5.91 Å². The molecule has 0 spiro atoms. The number of hydrogen-bond acceptors (Lipinski definition) is 5. The third-order valence-electron chi connectivity index (χ3n) is 5.98. The summed E-state index contributed by atoms with van der Waals surface area (Å²) >= 11 is 1.83. The summed E-state index contributed by atoms with van der Waals surface area (Å²) in [6.45, 7) is 2.15. The molecular weight excluding hydrogens is 380 g/mol. The van der Waals surface area contributed by atoms with Crippen LogP contribution in [0, 0.1) is 5.92 Å². The Morgan fingerprint density at radius 2 is 1.90 bits per heavy atom. The van der Waals surface area contributed by atoms with Crippen LogP contribution in [0.15, 0.2) is 30.6 Å². The van der Waals surface area contributed by atoms with Gasteiger partial charge >= 0.3 is 0 Å². The Kier molecular flexibility index (Phi) is 4.96. The van der Waals surface area contributed by atoms with Crippen molar-refractivity contribution in [2.24, 2.45) is 5.92 Å². The van der Waals surface area contributed by atoms with E-state index in [1.807, 2.05) is 23.5 Å². The number of amides is 1. The number of benzene rings is 1. The minimum atomic E-state index is 0.114. The van der Waals surface area contributed by atoms with Gasteiger partial charge in [0.15, 0.2) is 0 Å². The van der Waals surface area contributed by atoms with E-state index in [-0.39, 0.29) is 17.9 Å². The molecule has 1 atom stereocenters. The standard InChI is InChI=1S/C23H26N4OS/c1-14(15-9-11-17(12-10-15)27-22(28)16-7-8-16)26-21-20-18-5-3-2-4-6-19(18)29-23(20)25-13-24-21/h9-14,16H,2-8H2,1H3,(H,27,28)(H,24,25,26). The monoisotopic (exact) mass is 406 g/mol. The molecule has 1 saturated carbocycles. The maximum Gasteiger partial charge on any atom is 0.227 e. The number of hydrogen-bond donors (Lipinski definition) is 2. The van der Waals surface area contributed by atoms with Crippen molar-refractivity contribution in [1.29, 1.82) is 0 Å². The second-order valence-electron chi connectivity index (χ2n) is 8.22. The second-order valence-corrected chi connectivity index (χ2v) is 9.30. The Morgan fingerprint density at radius 3 is 2.69 bits per heavy atom. The van der Waals surface area contributed by atoms with Gasteiger partial charge in [-0.1, -0.05) is 18.6 Å². The number of carbonyl (C=O) groups excluding carboxylic acids is 1. The van der Waals surface area contributed by atoms with Gasteiger partial charge in [-0.2, -0.15) is 0 Å². The molecule has 0 saturated heterocycles. The van der Waals surface area contributed by atoms with E-state index in [1.54, 1.807) is 6.33 Å². The zero-order chi connectivity index (χ0) is 19.8. The number of fused-ring (bicyclic) bond motifs is 3. The van der Waals surface area contributed by atoms with Crippen LogP contribution in [0.1, 0.15) is 61.1 Å². The van der Waals surface area contributed by atoms with Crippen molar-refractivity contribution in [3.8, 4) is 0 Å². The molecule has 1 amide bonds. The van der Waals surface area contributed by atoms with Gasteiger partial charge in [0.05, 0.1) is 5.39 Å². The van der Waals surface area contributed by atoms with Crippen LogP contribution in [0.2, 0.25) is 0 Å². The summed E-state index contributed by atoms with van der Waals surface area (Å²) in [6.07, 6.45) is 9.82. The largest absolute Gasteiger partial charge is 0.363 e. The zero-order valence-electron chi connectivity index (χ0n) is 16.7. The predicted molar refractivity (Wildman–Crippen MR) is 119 cm³/mol. The Bertz CT molecular complexity index is 1040. The first-order chi connectivity index (χ1) is 14.2. The van der Waals surface area contributed by atoms with Crippen molar-refractivity contribution in [1.82, 2.24) is 9.97 Å². The zero-order valence-corrected chi connectivity index (χ0v) is 17.5. The highest BCUT2D eigenvalue weighted by atomic mass is 32.1. The molecular formula is C23H26N4OS. The van der Waals surface area contributed by atoms with E-state index in [9.17, 15) is 4.79 Å². The SMILES string of the molecule is CC(Nc1ncnc2sc3c(c12)CCCCC3)c1ccc(NC(=O)C2CC2)cc1. The molecule has 3 aromatic rings. The molecule has 6 heteroatoms. The molecule has 2 N–H and O–H groups in total. The van der Waals surface area contributed by atoms with Crippen LogP contribution in [0.5, 0.6) is 0 Å². The Balaban J connectivity index is 1.36. The number of carbonyl (C=O) groups is 1. The molecule has 5 rings (SSSR count). The normalized spacial score (nSPS) is 17.4. The lowest BCUT2D eigenvalue weighted by atomic mass is 10.1. The number of nitrogens with one attached hydrogen (secondary N) is 2. The van der Waals surface area contributed by atoms with Gasteiger partial charge in [0, 0.05) is 22.5 Å². The molecule has 150 valence electrons. The quantitative estimate of drug-likeness (QED) is 0.551. The van der Waals surface area contributed by atoms with Crippen molar-refractivity contribution in [2.75, 3.05) is 10.6 Å². The predicted octanol–water partition coefficient (Wildman–Crippen LogP) is 5.48. The van der Waals surface area contributed by atoms with Crippen molar-refractivity contribution in [2.45, 2.75) is 57.9 Å². The molecule has 0 bridgehead atoms. The van der Waals surface area contributed by atoms with Crippen LogP contribution in [0.3, 0.4) is 0 Å². The van der Waals surface area contributed by atoms with Crippen LogP contribution >= 0.6 is 11.3 Å². The molecule has 2 aliphatic rings. The van der Waals surface area contributed by atoms with Crippen LogP contribution in [-0.2, 0) is 17.6 Å². The number of aromatic nitrogens is 2. The summed E-state index contributed by atoms with van der Waals surface area (Å²) < 4.78 is 0. The van der Waals surface area contributed by atoms with Crippen LogP contribution in [0.4, 0.5) is 11.5 Å². The van der Waals surface area contributed by atoms with Gasteiger partial charge < -0.3 is 10.6 Å². The van der Waals surface area contributed by atoms with E-state index in [1.165, 1.54) is 47.1 Å². The summed E-state index contributed by atoms with van der Waals surface area (Å²) in [5.74, 6) is 1.30. The van der Waals surface area contributed by atoms with E-state index in [0.29, 0.717) is 0 Å². The molecule has 2 aromatic heterocycles. The summed E-state index contributed by atoms with van der Waals surface area (Å²) in [6, 6.07) is 8.24. The second kappa shape index (κ2) is 7.75. The molecule has 0 aliphatic heterocycles. The van der Waals surface area contributed by atoms with Crippen molar-refractivity contribution in [3.63, 3.8) is 0 Å². The van der Waals surface area contributed by atoms with Gasteiger partial charge in [-0.15, -0.1) is 11.3 Å². The van der Waals surface area contributed by atoms with Crippen molar-refractivity contribution < 1.29 is 4.79 Å². The van der Waals surface area contributed by atoms with E-state index in [4.69, 9.17) is 0 Å². The number of rotatable bonds is 5. The van der Waals surface area contributed by atoms with E-state index in [0.717, 1.165) is 35.6 Å². The average Bonchev–Trinajstić information content (AvgIpc) is 3.54. The van der Waals surface area contributed by atoms with E-state index >= 15 is 0 Å². The fourth-order valence-electron chi connectivity index (χ4n) is 4.11. The van der Waals surface area contributed by atoms with Gasteiger partial charge in [0.1, 0.15) is 17.0 Å². The average molecular weight is 407 g/mol. The van der Waals surface area contributed by atoms with E-state index in [2.05, 4.69) is 39.7 Å². The van der Waals surface area contributed by atoms with Crippen LogP contribution < -0.4 is 10.6 Å². The maximum atomic E-state index is 11.9. The molecule has 1 fully saturated rings. The minimum absolute atomic E-state index is 0.114. The first-order valence-corrected chi connectivity index (χ1v) is 11.4. The van der Waals surface area contributed by atoms with Gasteiger partial charge in [0.25, 0.3) is 0 Å². The number of nitrogens with zero attached hydrogens (tertiary/aromatic N) is 2. The minimum Gasteiger partial charge on any atom is -0.363 e. The molecule has 0 radical (unpaired) electrons. The Labute approximate surface area is 175 Å². The van der Waals surface area contributed by atoms with Gasteiger partial charge in [-0.05, 0) is 68.7 Å². The highest BCUT2D eigenvalue weighted by Gasteiger charge is 2.29. The highest BCUT2D eigenvalue weighted by molar-refractivity contribution is 7.18. The first-order valence-electron chi connectivity index (χ1n) is 10.6. The van der Waals surface area contributed by atoms with E-state index < -0.39 is 0 Å². The molecule has 5 nitrogen and oxygen atoms in total. The lowest BCUT2D eigenvalue weighted by Gasteiger charge is -2.17. The number of thiophene rings is 1. The summed E-state index contributed by atoms with van der Waals surface area (Å²) in [4.78, 5) is 23.7. The maximum absolute atomic E-state index is 11.9. The number of aryl methyl sites for hydroxylation is 2. The third kappa shape index (κ3) is 3.86. The topological polar surface area (TPSA) is 66.9 Å². The molecule has 2 aliphatic carbocycles. The lowest BCUT2D eigenvalue weighted by molar-refractivity contribution is -0.117. The molecule has 29 heavy (non-hydrogen) atoms. The lowest BCUT2D eigenvalue weighted by Crippen LogP contribution is -2.13. The fraction of sp³-hybridized carbons (Fsp3) is 0.435.